The molecular weight excluding hydrogens is 340 g/mol. The van der Waals surface area contributed by atoms with Gasteiger partial charge in [-0.2, -0.15) is 0 Å². The van der Waals surface area contributed by atoms with Gasteiger partial charge in [-0.25, -0.2) is 4.79 Å². The molecule has 0 saturated carbocycles. The third kappa shape index (κ3) is 5.56. The highest BCUT2D eigenvalue weighted by Crippen LogP contribution is 2.20. The van der Waals surface area contributed by atoms with Crippen molar-refractivity contribution in [3.8, 4) is 0 Å². The van der Waals surface area contributed by atoms with Crippen LogP contribution in [0.5, 0.6) is 0 Å². The molecule has 3 amide bonds. The fraction of sp³-hybridized carbons (Fsp3) is 0.333. The summed E-state index contributed by atoms with van der Waals surface area (Å²) in [6, 6.07) is 19.5. The predicted molar refractivity (Wildman–Crippen MR) is 106 cm³/mol. The molecule has 3 N–H and O–H groups in total. The van der Waals surface area contributed by atoms with Gasteiger partial charge in [-0.1, -0.05) is 48.5 Å². The van der Waals surface area contributed by atoms with Crippen LogP contribution in [0.25, 0.3) is 0 Å². The Labute approximate surface area is 160 Å². The van der Waals surface area contributed by atoms with E-state index in [1.807, 2.05) is 48.5 Å². The molecule has 1 aliphatic rings. The molecule has 0 aliphatic carbocycles. The number of likely N-dealkylation sites (N-methyl/N-ethyl adjacent to an activating group) is 1. The van der Waals surface area contributed by atoms with E-state index in [4.69, 9.17) is 0 Å². The van der Waals surface area contributed by atoms with Gasteiger partial charge in [-0.3, -0.25) is 4.79 Å². The van der Waals surface area contributed by atoms with Crippen LogP contribution >= 0.6 is 0 Å². The lowest BCUT2D eigenvalue weighted by Gasteiger charge is -2.18. The molecule has 6 heteroatoms. The number of nitrogens with zero attached hydrogens (tertiary/aromatic N) is 1. The van der Waals surface area contributed by atoms with Gasteiger partial charge in [0.1, 0.15) is 6.54 Å². The van der Waals surface area contributed by atoms with Gasteiger partial charge < -0.3 is 20.4 Å². The van der Waals surface area contributed by atoms with Crippen molar-refractivity contribution >= 4 is 17.6 Å². The highest BCUT2D eigenvalue weighted by atomic mass is 16.2. The van der Waals surface area contributed by atoms with Crippen molar-refractivity contribution in [1.29, 1.82) is 0 Å². The summed E-state index contributed by atoms with van der Waals surface area (Å²) in [6.07, 6.45) is 0.335. The van der Waals surface area contributed by atoms with Crippen molar-refractivity contribution in [2.24, 2.45) is 0 Å². The number of rotatable bonds is 7. The van der Waals surface area contributed by atoms with Crippen molar-refractivity contribution in [2.45, 2.75) is 19.0 Å². The van der Waals surface area contributed by atoms with E-state index in [1.165, 1.54) is 10.5 Å². The van der Waals surface area contributed by atoms with Gasteiger partial charge in [-0.05, 0) is 12.1 Å². The minimum atomic E-state index is -0.213. The smallest absolute Gasteiger partial charge is 0.315 e. The van der Waals surface area contributed by atoms with Gasteiger partial charge in [0.2, 0.25) is 5.91 Å². The molecular formula is C21H27N4O2+. The Kier molecular flexibility index (Phi) is 6.44. The van der Waals surface area contributed by atoms with Crippen LogP contribution in [0.15, 0.2) is 60.7 Å². The normalized spacial score (nSPS) is 17.6. The highest BCUT2D eigenvalue weighted by Gasteiger charge is 2.31. The maximum absolute atomic E-state index is 12.2. The molecule has 3 rings (SSSR count). The number of hydrogen-bond donors (Lipinski definition) is 3. The zero-order valence-electron chi connectivity index (χ0n) is 15.7. The van der Waals surface area contributed by atoms with E-state index in [0.29, 0.717) is 19.5 Å². The molecule has 2 atom stereocenters. The Morgan fingerprint density at radius 3 is 2.48 bits per heavy atom. The van der Waals surface area contributed by atoms with Crippen molar-refractivity contribution in [1.82, 2.24) is 10.6 Å². The molecule has 0 spiro atoms. The first-order chi connectivity index (χ1) is 13.1. The molecule has 6 nitrogen and oxygen atoms in total. The van der Waals surface area contributed by atoms with E-state index in [1.54, 1.807) is 4.90 Å². The summed E-state index contributed by atoms with van der Waals surface area (Å²) in [5.74, 6) is 0.0403. The summed E-state index contributed by atoms with van der Waals surface area (Å²) in [4.78, 5) is 27.4. The first-order valence-corrected chi connectivity index (χ1v) is 9.37. The van der Waals surface area contributed by atoms with Crippen LogP contribution < -0.4 is 20.4 Å². The number of amides is 3. The van der Waals surface area contributed by atoms with Crippen molar-refractivity contribution in [3.63, 3.8) is 0 Å². The molecule has 1 heterocycles. The first kappa shape index (κ1) is 18.9. The van der Waals surface area contributed by atoms with Crippen LogP contribution in [0.1, 0.15) is 12.0 Å². The van der Waals surface area contributed by atoms with Crippen molar-refractivity contribution in [3.05, 3.63) is 66.2 Å². The van der Waals surface area contributed by atoms with Crippen LogP contribution in [-0.4, -0.2) is 44.7 Å². The topological polar surface area (TPSA) is 65.9 Å². The number of carbonyl (C=O) groups excluding carboxylic acids is 2. The highest BCUT2D eigenvalue weighted by molar-refractivity contribution is 5.96. The monoisotopic (exact) mass is 367 g/mol. The van der Waals surface area contributed by atoms with Gasteiger partial charge in [-0.15, -0.1) is 0 Å². The zero-order chi connectivity index (χ0) is 19.1. The van der Waals surface area contributed by atoms with E-state index in [-0.39, 0.29) is 18.0 Å². The summed E-state index contributed by atoms with van der Waals surface area (Å²) in [7, 11) is 2.11. The van der Waals surface area contributed by atoms with E-state index >= 15 is 0 Å². The van der Waals surface area contributed by atoms with Crippen LogP contribution in [-0.2, 0) is 11.3 Å². The summed E-state index contributed by atoms with van der Waals surface area (Å²) in [6.45, 7) is 2.86. The molecule has 0 aromatic heterocycles. The average molecular weight is 367 g/mol. The largest absolute Gasteiger partial charge is 0.333 e. The maximum Gasteiger partial charge on any atom is 0.315 e. The standard InChI is InChI=1S/C21H26N4O2/c1-24(15-17-8-4-2-5-9-17)13-12-22-21(27)23-18-14-20(26)25(16-18)19-10-6-3-7-11-19/h2-11,18H,12-16H2,1H3,(H2,22,23,27)/p+1/t18-/m0/s1. The van der Waals surface area contributed by atoms with Crippen LogP contribution in [0.4, 0.5) is 10.5 Å². The fourth-order valence-corrected chi connectivity index (χ4v) is 3.32. The van der Waals surface area contributed by atoms with E-state index in [2.05, 4.69) is 29.8 Å². The molecule has 2 aromatic carbocycles. The fourth-order valence-electron chi connectivity index (χ4n) is 3.32. The number of benzene rings is 2. The number of hydrogen-bond acceptors (Lipinski definition) is 2. The van der Waals surface area contributed by atoms with Gasteiger partial charge in [0.25, 0.3) is 0 Å². The number of nitrogens with one attached hydrogen (secondary N) is 3. The predicted octanol–water partition coefficient (Wildman–Crippen LogP) is 0.806. The number of anilines is 1. The zero-order valence-corrected chi connectivity index (χ0v) is 15.7. The lowest BCUT2D eigenvalue weighted by atomic mass is 10.2. The third-order valence-corrected chi connectivity index (χ3v) is 4.71. The number of para-hydroxylation sites is 1. The van der Waals surface area contributed by atoms with E-state index < -0.39 is 0 Å². The summed E-state index contributed by atoms with van der Waals surface area (Å²) >= 11 is 0. The van der Waals surface area contributed by atoms with Gasteiger partial charge in [0, 0.05) is 24.2 Å². The van der Waals surface area contributed by atoms with Crippen molar-refractivity contribution < 1.29 is 14.5 Å². The molecule has 1 unspecified atom stereocenters. The minimum Gasteiger partial charge on any atom is -0.333 e. The van der Waals surface area contributed by atoms with Gasteiger partial charge in [0.05, 0.1) is 26.2 Å². The number of carbonyl (C=O) groups is 2. The summed E-state index contributed by atoms with van der Waals surface area (Å²) in [5, 5.41) is 5.81. The molecule has 27 heavy (non-hydrogen) atoms. The number of quaternary nitrogens is 1. The number of urea groups is 1. The van der Waals surface area contributed by atoms with Crippen LogP contribution in [0, 0.1) is 0 Å². The lowest BCUT2D eigenvalue weighted by molar-refractivity contribution is -0.892. The quantitative estimate of drug-likeness (QED) is 0.678. The molecule has 1 saturated heterocycles. The second-order valence-electron chi connectivity index (χ2n) is 7.01. The molecule has 2 aromatic rings. The molecule has 1 aliphatic heterocycles. The molecule has 0 bridgehead atoms. The van der Waals surface area contributed by atoms with E-state index in [0.717, 1.165) is 18.8 Å². The minimum absolute atomic E-state index is 0.0403. The Morgan fingerprint density at radius 1 is 1.11 bits per heavy atom. The summed E-state index contributed by atoms with van der Waals surface area (Å²) in [5.41, 5.74) is 2.16. The Hall–Kier alpha value is -2.86. The Balaban J connectivity index is 1.38. The SMILES string of the molecule is C[NH+](CCNC(=O)N[C@H]1CC(=O)N(c2ccccc2)C1)Cc1ccccc1. The third-order valence-electron chi connectivity index (χ3n) is 4.71. The van der Waals surface area contributed by atoms with Crippen LogP contribution in [0.2, 0.25) is 0 Å². The van der Waals surface area contributed by atoms with Gasteiger partial charge >= 0.3 is 6.03 Å². The maximum atomic E-state index is 12.2. The Bertz CT molecular complexity index is 751. The van der Waals surface area contributed by atoms with E-state index in [9.17, 15) is 9.59 Å². The van der Waals surface area contributed by atoms with Crippen molar-refractivity contribution in [2.75, 3.05) is 31.6 Å². The van der Waals surface area contributed by atoms with Gasteiger partial charge in [0.15, 0.2) is 0 Å². The second-order valence-corrected chi connectivity index (χ2v) is 7.01. The molecule has 142 valence electrons. The average Bonchev–Trinajstić information content (AvgIpc) is 3.03. The lowest BCUT2D eigenvalue weighted by Crippen LogP contribution is -3.08. The Morgan fingerprint density at radius 2 is 1.78 bits per heavy atom. The molecule has 1 fully saturated rings. The summed E-state index contributed by atoms with van der Waals surface area (Å²) < 4.78 is 0. The molecule has 0 radical (unpaired) electrons. The van der Waals surface area contributed by atoms with Crippen LogP contribution in [0.3, 0.4) is 0 Å². The first-order valence-electron chi connectivity index (χ1n) is 9.37. The second kappa shape index (κ2) is 9.19.